The number of benzene rings is 2. The van der Waals surface area contributed by atoms with E-state index >= 15 is 0 Å². The van der Waals surface area contributed by atoms with E-state index in [4.69, 9.17) is 0 Å². The van der Waals surface area contributed by atoms with Gasteiger partial charge in [0.15, 0.2) is 0 Å². The molecule has 1 atom stereocenters. The van der Waals surface area contributed by atoms with Gasteiger partial charge < -0.3 is 5.32 Å². The van der Waals surface area contributed by atoms with E-state index in [1.807, 2.05) is 42.5 Å². The lowest BCUT2D eigenvalue weighted by Crippen LogP contribution is -2.07. The molecule has 3 rings (SSSR count). The molecule has 0 aliphatic rings. The number of nitrogens with zero attached hydrogens (tertiary/aromatic N) is 4. The van der Waals surface area contributed by atoms with E-state index in [0.29, 0.717) is 0 Å². The van der Waals surface area contributed by atoms with Crippen molar-refractivity contribution in [2.24, 2.45) is 0 Å². The molecule has 1 heterocycles. The van der Waals surface area contributed by atoms with Crippen LogP contribution in [-0.2, 0) is 0 Å². The van der Waals surface area contributed by atoms with Crippen molar-refractivity contribution in [3.63, 3.8) is 0 Å². The summed E-state index contributed by atoms with van der Waals surface area (Å²) in [5.74, 6) is 0. The zero-order valence-corrected chi connectivity index (χ0v) is 13.0. The Morgan fingerprint density at radius 1 is 1.10 bits per heavy atom. The Hall–Kier alpha value is -2.21. The second kappa shape index (κ2) is 6.05. The monoisotopic (exact) mass is 343 g/mol. The van der Waals surface area contributed by atoms with E-state index in [-0.39, 0.29) is 6.04 Å². The predicted molar refractivity (Wildman–Crippen MR) is 85.3 cm³/mol. The standard InChI is InChI=1S/C15H14BrN5/c1-11(14-4-2-3-5-15(14)16)18-12-6-8-13(9-7-12)21-10-17-19-20-21/h2-11,18H,1H3. The zero-order valence-electron chi connectivity index (χ0n) is 11.4. The molecule has 2 aromatic carbocycles. The second-order valence-corrected chi connectivity index (χ2v) is 5.54. The molecule has 0 radical (unpaired) electrons. The molecule has 106 valence electrons. The summed E-state index contributed by atoms with van der Waals surface area (Å²) in [5.41, 5.74) is 3.20. The quantitative estimate of drug-likeness (QED) is 0.786. The van der Waals surface area contributed by atoms with Gasteiger partial charge in [0.1, 0.15) is 6.33 Å². The van der Waals surface area contributed by atoms with Crippen LogP contribution in [0.1, 0.15) is 18.5 Å². The van der Waals surface area contributed by atoms with Gasteiger partial charge >= 0.3 is 0 Å². The fourth-order valence-electron chi connectivity index (χ4n) is 2.14. The van der Waals surface area contributed by atoms with Gasteiger partial charge in [-0.3, -0.25) is 0 Å². The van der Waals surface area contributed by atoms with Crippen LogP contribution in [-0.4, -0.2) is 20.2 Å². The van der Waals surface area contributed by atoms with Crippen LogP contribution in [0, 0.1) is 0 Å². The maximum absolute atomic E-state index is 3.87. The summed E-state index contributed by atoms with van der Waals surface area (Å²) in [7, 11) is 0. The largest absolute Gasteiger partial charge is 0.378 e. The summed E-state index contributed by atoms with van der Waals surface area (Å²) in [6.07, 6.45) is 1.58. The average molecular weight is 344 g/mol. The van der Waals surface area contributed by atoms with Crippen molar-refractivity contribution < 1.29 is 0 Å². The van der Waals surface area contributed by atoms with E-state index < -0.39 is 0 Å². The first-order valence-electron chi connectivity index (χ1n) is 6.58. The molecule has 0 fully saturated rings. The van der Waals surface area contributed by atoms with Crippen LogP contribution in [0.15, 0.2) is 59.3 Å². The molecule has 0 aliphatic heterocycles. The van der Waals surface area contributed by atoms with Crippen molar-refractivity contribution in [1.29, 1.82) is 0 Å². The first-order valence-corrected chi connectivity index (χ1v) is 7.38. The third kappa shape index (κ3) is 3.11. The Bertz CT molecular complexity index is 709. The molecule has 1 aromatic heterocycles. The van der Waals surface area contributed by atoms with E-state index in [2.05, 4.69) is 49.8 Å². The minimum atomic E-state index is 0.208. The van der Waals surface area contributed by atoms with E-state index in [1.165, 1.54) is 5.56 Å². The van der Waals surface area contributed by atoms with Crippen LogP contribution in [0.25, 0.3) is 5.69 Å². The number of anilines is 1. The Kier molecular flexibility index (Phi) is 3.96. The minimum absolute atomic E-state index is 0.208. The highest BCUT2D eigenvalue weighted by molar-refractivity contribution is 9.10. The van der Waals surface area contributed by atoms with Crippen molar-refractivity contribution >= 4 is 21.6 Å². The van der Waals surface area contributed by atoms with Gasteiger partial charge in [-0.1, -0.05) is 34.1 Å². The number of tetrazole rings is 1. The fourth-order valence-corrected chi connectivity index (χ4v) is 2.77. The van der Waals surface area contributed by atoms with Crippen molar-refractivity contribution in [2.45, 2.75) is 13.0 Å². The highest BCUT2D eigenvalue weighted by Crippen LogP contribution is 2.26. The number of hydrogen-bond acceptors (Lipinski definition) is 4. The van der Waals surface area contributed by atoms with Gasteiger partial charge in [0.2, 0.25) is 0 Å². The molecule has 6 heteroatoms. The lowest BCUT2D eigenvalue weighted by atomic mass is 10.1. The maximum atomic E-state index is 3.87. The summed E-state index contributed by atoms with van der Waals surface area (Å²) in [4.78, 5) is 0. The first kappa shape index (κ1) is 13.8. The fraction of sp³-hybridized carbons (Fsp3) is 0.133. The highest BCUT2D eigenvalue weighted by Gasteiger charge is 2.08. The molecule has 0 amide bonds. The van der Waals surface area contributed by atoms with Gasteiger partial charge in [0.25, 0.3) is 0 Å². The SMILES string of the molecule is CC(Nc1ccc(-n2cnnn2)cc1)c1ccccc1Br. The van der Waals surface area contributed by atoms with Gasteiger partial charge in [-0.05, 0) is 53.2 Å². The molecule has 21 heavy (non-hydrogen) atoms. The van der Waals surface area contributed by atoms with Crippen molar-refractivity contribution in [3.05, 3.63) is 64.9 Å². The molecule has 0 saturated heterocycles. The van der Waals surface area contributed by atoms with Crippen LogP contribution in [0.2, 0.25) is 0 Å². The first-order chi connectivity index (χ1) is 10.2. The summed E-state index contributed by atoms with van der Waals surface area (Å²) >= 11 is 3.58. The second-order valence-electron chi connectivity index (χ2n) is 4.69. The van der Waals surface area contributed by atoms with E-state index in [9.17, 15) is 0 Å². The third-order valence-electron chi connectivity index (χ3n) is 3.24. The molecule has 0 bridgehead atoms. The zero-order chi connectivity index (χ0) is 14.7. The van der Waals surface area contributed by atoms with Gasteiger partial charge in [-0.2, -0.15) is 0 Å². The van der Waals surface area contributed by atoms with Crippen LogP contribution in [0.4, 0.5) is 5.69 Å². The van der Waals surface area contributed by atoms with Gasteiger partial charge in [0.05, 0.1) is 5.69 Å². The van der Waals surface area contributed by atoms with Crippen LogP contribution >= 0.6 is 15.9 Å². The normalized spacial score (nSPS) is 12.1. The number of aromatic nitrogens is 4. The summed E-state index contributed by atoms with van der Waals surface area (Å²) in [5, 5.41) is 14.6. The van der Waals surface area contributed by atoms with Crippen molar-refractivity contribution in [3.8, 4) is 5.69 Å². The Balaban J connectivity index is 1.75. The van der Waals surface area contributed by atoms with Gasteiger partial charge in [0, 0.05) is 16.2 Å². The Labute approximate surface area is 131 Å². The number of halogens is 1. The van der Waals surface area contributed by atoms with E-state index in [0.717, 1.165) is 15.8 Å². The molecule has 1 unspecified atom stereocenters. The molecule has 3 aromatic rings. The van der Waals surface area contributed by atoms with Gasteiger partial charge in [-0.25, -0.2) is 4.68 Å². The minimum Gasteiger partial charge on any atom is -0.378 e. The van der Waals surface area contributed by atoms with E-state index in [1.54, 1.807) is 11.0 Å². The average Bonchev–Trinajstić information content (AvgIpc) is 3.02. The van der Waals surface area contributed by atoms with Crippen molar-refractivity contribution in [2.75, 3.05) is 5.32 Å². The highest BCUT2D eigenvalue weighted by atomic mass is 79.9. The molecule has 1 N–H and O–H groups in total. The van der Waals surface area contributed by atoms with Crippen LogP contribution in [0.3, 0.4) is 0 Å². The number of nitrogens with one attached hydrogen (secondary N) is 1. The molecular weight excluding hydrogens is 330 g/mol. The summed E-state index contributed by atoms with van der Waals surface area (Å²) in [6, 6.07) is 16.4. The number of hydrogen-bond donors (Lipinski definition) is 1. The number of rotatable bonds is 4. The Morgan fingerprint density at radius 2 is 1.86 bits per heavy atom. The maximum Gasteiger partial charge on any atom is 0.143 e. The molecular formula is C15H14BrN5. The molecule has 0 saturated carbocycles. The molecule has 0 aliphatic carbocycles. The van der Waals surface area contributed by atoms with Crippen LogP contribution < -0.4 is 5.32 Å². The lowest BCUT2D eigenvalue weighted by Gasteiger charge is -2.17. The van der Waals surface area contributed by atoms with Gasteiger partial charge in [-0.15, -0.1) is 5.10 Å². The summed E-state index contributed by atoms with van der Waals surface area (Å²) < 4.78 is 2.73. The molecule has 0 spiro atoms. The lowest BCUT2D eigenvalue weighted by molar-refractivity contribution is 0.789. The third-order valence-corrected chi connectivity index (χ3v) is 3.96. The van der Waals surface area contributed by atoms with Crippen molar-refractivity contribution in [1.82, 2.24) is 20.2 Å². The predicted octanol–water partition coefficient (Wildman–Crippen LogP) is 3.60. The van der Waals surface area contributed by atoms with Crippen LogP contribution in [0.5, 0.6) is 0 Å². The smallest absolute Gasteiger partial charge is 0.143 e. The Morgan fingerprint density at radius 3 is 2.52 bits per heavy atom. The molecule has 5 nitrogen and oxygen atoms in total. The topological polar surface area (TPSA) is 55.6 Å². The summed E-state index contributed by atoms with van der Waals surface area (Å²) in [6.45, 7) is 2.13.